The number of carbonyl (C=O) groups excluding carboxylic acids is 2. The van der Waals surface area contributed by atoms with E-state index in [2.05, 4.69) is 0 Å². The first-order chi connectivity index (χ1) is 13.2. The van der Waals surface area contributed by atoms with Crippen LogP contribution in [0, 0.1) is 0 Å². The summed E-state index contributed by atoms with van der Waals surface area (Å²) in [6.45, 7) is 3.03. The zero-order valence-corrected chi connectivity index (χ0v) is 15.9. The van der Waals surface area contributed by atoms with Crippen molar-refractivity contribution in [3.05, 3.63) is 71.3 Å². The molecule has 1 saturated heterocycles. The predicted molar refractivity (Wildman–Crippen MR) is 105 cm³/mol. The average molecular weight is 382 g/mol. The lowest BCUT2D eigenvalue weighted by atomic mass is 10.1. The van der Waals surface area contributed by atoms with Crippen molar-refractivity contribution in [3.8, 4) is 0 Å². The van der Waals surface area contributed by atoms with Gasteiger partial charge in [-0.2, -0.15) is 0 Å². The van der Waals surface area contributed by atoms with Gasteiger partial charge in [0, 0.05) is 25.2 Å². The number of fused-ring (bicyclic) bond motifs is 1. The van der Waals surface area contributed by atoms with Crippen LogP contribution in [-0.2, 0) is 16.1 Å². The Morgan fingerprint density at radius 1 is 1.04 bits per heavy atom. The second-order valence-corrected chi connectivity index (χ2v) is 7.73. The van der Waals surface area contributed by atoms with E-state index < -0.39 is 0 Å². The van der Waals surface area contributed by atoms with Gasteiger partial charge in [0.1, 0.15) is 5.37 Å². The maximum atomic E-state index is 13.0. The Labute approximate surface area is 163 Å². The molecular formula is C21H22N2O3S. The van der Waals surface area contributed by atoms with Crippen molar-refractivity contribution in [2.24, 2.45) is 0 Å². The fraction of sp³-hybridized carbons (Fsp3) is 0.333. The van der Waals surface area contributed by atoms with Gasteiger partial charge in [-0.05, 0) is 17.2 Å². The Morgan fingerprint density at radius 2 is 1.74 bits per heavy atom. The molecule has 0 radical (unpaired) electrons. The minimum absolute atomic E-state index is 0.0331. The lowest BCUT2D eigenvalue weighted by Crippen LogP contribution is -2.41. The molecule has 1 fully saturated rings. The SMILES string of the molecule is O=C(CSC1c2ccccc2C(=O)N1Cc1ccccc1)N1CCOCC1. The molecular weight excluding hydrogens is 360 g/mol. The Kier molecular flexibility index (Phi) is 5.45. The molecule has 27 heavy (non-hydrogen) atoms. The van der Waals surface area contributed by atoms with Crippen LogP contribution >= 0.6 is 11.8 Å². The maximum absolute atomic E-state index is 13.0. The first kappa shape index (κ1) is 18.1. The van der Waals surface area contributed by atoms with Crippen LogP contribution in [0.3, 0.4) is 0 Å². The zero-order valence-electron chi connectivity index (χ0n) is 15.0. The summed E-state index contributed by atoms with van der Waals surface area (Å²) in [5.41, 5.74) is 2.83. The van der Waals surface area contributed by atoms with E-state index in [9.17, 15) is 9.59 Å². The standard InChI is InChI=1S/C21H22N2O3S/c24-19(22-10-12-26-13-11-22)15-27-21-18-9-5-4-8-17(18)20(25)23(21)14-16-6-2-1-3-7-16/h1-9,21H,10-15H2. The van der Waals surface area contributed by atoms with Crippen molar-refractivity contribution in [1.82, 2.24) is 9.80 Å². The highest BCUT2D eigenvalue weighted by molar-refractivity contribution is 8.00. The third-order valence-corrected chi connectivity index (χ3v) is 6.16. The van der Waals surface area contributed by atoms with E-state index in [0.717, 1.165) is 16.7 Å². The number of amides is 2. The summed E-state index contributed by atoms with van der Waals surface area (Å²) in [7, 11) is 0. The van der Waals surface area contributed by atoms with E-state index in [0.29, 0.717) is 38.6 Å². The third-order valence-electron chi connectivity index (χ3n) is 4.93. The number of nitrogens with zero attached hydrogens (tertiary/aromatic N) is 2. The molecule has 0 spiro atoms. The highest BCUT2D eigenvalue weighted by Gasteiger charge is 2.37. The van der Waals surface area contributed by atoms with Crippen LogP contribution in [-0.4, -0.2) is 53.7 Å². The van der Waals surface area contributed by atoms with Gasteiger partial charge in [0.2, 0.25) is 5.91 Å². The summed E-state index contributed by atoms with van der Waals surface area (Å²) >= 11 is 1.53. The van der Waals surface area contributed by atoms with Crippen molar-refractivity contribution in [2.45, 2.75) is 11.9 Å². The van der Waals surface area contributed by atoms with E-state index in [4.69, 9.17) is 4.74 Å². The molecule has 0 aromatic heterocycles. The Bertz CT molecular complexity index is 821. The minimum Gasteiger partial charge on any atom is -0.378 e. The van der Waals surface area contributed by atoms with E-state index >= 15 is 0 Å². The Morgan fingerprint density at radius 3 is 2.52 bits per heavy atom. The number of carbonyl (C=O) groups is 2. The quantitative estimate of drug-likeness (QED) is 0.798. The number of hydrogen-bond acceptors (Lipinski definition) is 4. The number of morpholine rings is 1. The fourth-order valence-electron chi connectivity index (χ4n) is 3.51. The molecule has 1 atom stereocenters. The van der Waals surface area contributed by atoms with Gasteiger partial charge < -0.3 is 14.5 Å². The first-order valence-electron chi connectivity index (χ1n) is 9.15. The van der Waals surface area contributed by atoms with Gasteiger partial charge in [-0.1, -0.05) is 48.5 Å². The molecule has 2 amide bonds. The zero-order chi connectivity index (χ0) is 18.6. The number of ether oxygens (including phenoxy) is 1. The van der Waals surface area contributed by atoms with Crippen molar-refractivity contribution in [3.63, 3.8) is 0 Å². The molecule has 2 aromatic carbocycles. The van der Waals surface area contributed by atoms with Crippen LogP contribution < -0.4 is 0 Å². The number of hydrogen-bond donors (Lipinski definition) is 0. The van der Waals surface area contributed by atoms with Gasteiger partial charge in [-0.25, -0.2) is 0 Å². The minimum atomic E-state index is -0.140. The molecule has 0 saturated carbocycles. The molecule has 0 aliphatic carbocycles. The summed E-state index contributed by atoms with van der Waals surface area (Å²) in [5.74, 6) is 0.503. The fourth-order valence-corrected chi connectivity index (χ4v) is 4.72. The van der Waals surface area contributed by atoms with Gasteiger partial charge in [0.15, 0.2) is 0 Å². The topological polar surface area (TPSA) is 49.9 Å². The molecule has 5 nitrogen and oxygen atoms in total. The van der Waals surface area contributed by atoms with Gasteiger partial charge in [-0.15, -0.1) is 11.8 Å². The van der Waals surface area contributed by atoms with Crippen LogP contribution in [0.15, 0.2) is 54.6 Å². The highest BCUT2D eigenvalue weighted by Crippen LogP contribution is 2.42. The summed E-state index contributed by atoms with van der Waals surface area (Å²) < 4.78 is 5.32. The van der Waals surface area contributed by atoms with Crippen LogP contribution in [0.1, 0.15) is 26.9 Å². The molecule has 4 rings (SSSR count). The molecule has 2 aliphatic rings. The van der Waals surface area contributed by atoms with E-state index in [1.54, 1.807) is 0 Å². The lowest BCUT2D eigenvalue weighted by molar-refractivity contribution is -0.132. The van der Waals surface area contributed by atoms with Crippen molar-refractivity contribution < 1.29 is 14.3 Å². The molecule has 140 valence electrons. The van der Waals surface area contributed by atoms with Crippen molar-refractivity contribution in [1.29, 1.82) is 0 Å². The van der Waals surface area contributed by atoms with E-state index in [1.165, 1.54) is 11.8 Å². The summed E-state index contributed by atoms with van der Waals surface area (Å²) in [4.78, 5) is 29.2. The molecule has 1 unspecified atom stereocenters. The molecule has 2 aromatic rings. The predicted octanol–water partition coefficient (Wildman–Crippen LogP) is 2.93. The van der Waals surface area contributed by atoms with Gasteiger partial charge in [-0.3, -0.25) is 9.59 Å². The van der Waals surface area contributed by atoms with Crippen LogP contribution in [0.5, 0.6) is 0 Å². The normalized spacial score (nSPS) is 19.3. The second-order valence-electron chi connectivity index (χ2n) is 6.66. The van der Waals surface area contributed by atoms with Crippen LogP contribution in [0.25, 0.3) is 0 Å². The largest absolute Gasteiger partial charge is 0.378 e. The van der Waals surface area contributed by atoms with E-state index in [-0.39, 0.29) is 17.2 Å². The van der Waals surface area contributed by atoms with Gasteiger partial charge >= 0.3 is 0 Å². The third kappa shape index (κ3) is 3.87. The highest BCUT2D eigenvalue weighted by atomic mass is 32.2. The van der Waals surface area contributed by atoms with Crippen molar-refractivity contribution >= 4 is 23.6 Å². The number of benzene rings is 2. The van der Waals surface area contributed by atoms with Crippen LogP contribution in [0.4, 0.5) is 0 Å². The maximum Gasteiger partial charge on any atom is 0.255 e. The number of rotatable bonds is 5. The smallest absolute Gasteiger partial charge is 0.255 e. The molecule has 0 N–H and O–H groups in total. The number of thioether (sulfide) groups is 1. The monoisotopic (exact) mass is 382 g/mol. The second kappa shape index (κ2) is 8.15. The summed E-state index contributed by atoms with van der Waals surface area (Å²) in [5, 5.41) is -0.140. The lowest BCUT2D eigenvalue weighted by Gasteiger charge is -2.29. The molecule has 6 heteroatoms. The summed E-state index contributed by atoms with van der Waals surface area (Å²) in [6.07, 6.45) is 0. The molecule has 2 heterocycles. The molecule has 0 bridgehead atoms. The summed E-state index contributed by atoms with van der Waals surface area (Å²) in [6, 6.07) is 17.7. The first-order valence-corrected chi connectivity index (χ1v) is 10.2. The van der Waals surface area contributed by atoms with Gasteiger partial charge in [0.25, 0.3) is 5.91 Å². The van der Waals surface area contributed by atoms with Crippen LogP contribution in [0.2, 0.25) is 0 Å². The average Bonchev–Trinajstić information content (AvgIpc) is 2.99. The Hall–Kier alpha value is -2.31. The van der Waals surface area contributed by atoms with Crippen molar-refractivity contribution in [2.75, 3.05) is 32.1 Å². The van der Waals surface area contributed by atoms with Gasteiger partial charge in [0.05, 0.1) is 19.0 Å². The molecule has 2 aliphatic heterocycles. The van der Waals surface area contributed by atoms with E-state index in [1.807, 2.05) is 64.4 Å². The Balaban J connectivity index is 1.51.